The molecular weight excluding hydrogens is 362 g/mol. The Labute approximate surface area is 158 Å². The van der Waals surface area contributed by atoms with Crippen LogP contribution in [0.25, 0.3) is 0 Å². The van der Waals surface area contributed by atoms with Crippen LogP contribution in [0.3, 0.4) is 0 Å². The molecule has 0 atom stereocenters. The van der Waals surface area contributed by atoms with Crippen LogP contribution in [0.5, 0.6) is 0 Å². The fourth-order valence-electron chi connectivity index (χ4n) is 2.30. The van der Waals surface area contributed by atoms with Crippen LogP contribution in [-0.4, -0.2) is 20.3 Å². The Morgan fingerprint density at radius 2 is 1.30 bits per heavy atom. The first-order valence-corrected chi connectivity index (χ1v) is 9.64. The standard InChI is InChI=1S/C21H17NO4S/c1-16-12-14-19(15-13-16)27(24,25)22-20(17-8-4-2-5-9-17)26-21(23)18-10-6-3-7-11-18/h2-15H,1H3. The molecule has 3 rings (SSSR count). The van der Waals surface area contributed by atoms with Gasteiger partial charge in [-0.15, -0.1) is 4.40 Å². The minimum atomic E-state index is -4.04. The molecule has 6 heteroatoms. The number of nitrogens with zero attached hydrogens (tertiary/aromatic N) is 1. The van der Waals surface area contributed by atoms with Crippen molar-refractivity contribution in [2.75, 3.05) is 0 Å². The maximum absolute atomic E-state index is 12.7. The van der Waals surface area contributed by atoms with Gasteiger partial charge in [0.2, 0.25) is 5.90 Å². The highest BCUT2D eigenvalue weighted by molar-refractivity contribution is 7.90. The molecular formula is C21H17NO4S. The lowest BCUT2D eigenvalue weighted by Crippen LogP contribution is -2.16. The van der Waals surface area contributed by atoms with E-state index in [1.54, 1.807) is 72.8 Å². The number of rotatable bonds is 4. The largest absolute Gasteiger partial charge is 0.402 e. The maximum Gasteiger partial charge on any atom is 0.344 e. The maximum atomic E-state index is 12.7. The van der Waals surface area contributed by atoms with E-state index in [0.29, 0.717) is 11.1 Å². The second kappa shape index (κ2) is 7.97. The normalized spacial score (nSPS) is 11.8. The summed E-state index contributed by atoms with van der Waals surface area (Å²) in [6, 6.07) is 23.1. The predicted octanol–water partition coefficient (Wildman–Crippen LogP) is 3.99. The lowest BCUT2D eigenvalue weighted by Gasteiger charge is -2.08. The highest BCUT2D eigenvalue weighted by atomic mass is 32.2. The summed E-state index contributed by atoms with van der Waals surface area (Å²) in [6.07, 6.45) is 0. The molecule has 5 nitrogen and oxygen atoms in total. The molecule has 0 saturated heterocycles. The first-order valence-electron chi connectivity index (χ1n) is 8.20. The van der Waals surface area contributed by atoms with Crippen molar-refractivity contribution in [1.29, 1.82) is 0 Å². The molecule has 0 N–H and O–H groups in total. The van der Waals surface area contributed by atoms with E-state index in [9.17, 15) is 13.2 Å². The van der Waals surface area contributed by atoms with Crippen LogP contribution in [0.15, 0.2) is 94.2 Å². The van der Waals surface area contributed by atoms with Crippen molar-refractivity contribution in [3.05, 3.63) is 102 Å². The van der Waals surface area contributed by atoms with Crippen LogP contribution in [0.2, 0.25) is 0 Å². The van der Waals surface area contributed by atoms with Gasteiger partial charge in [-0.25, -0.2) is 4.79 Å². The van der Waals surface area contributed by atoms with Gasteiger partial charge in [0.25, 0.3) is 10.0 Å². The van der Waals surface area contributed by atoms with Crippen LogP contribution in [0.4, 0.5) is 0 Å². The number of benzene rings is 3. The molecule has 0 radical (unpaired) electrons. The fraction of sp³-hybridized carbons (Fsp3) is 0.0476. The first kappa shape index (κ1) is 18.5. The van der Waals surface area contributed by atoms with E-state index < -0.39 is 16.0 Å². The van der Waals surface area contributed by atoms with Gasteiger partial charge >= 0.3 is 5.97 Å². The molecule has 3 aromatic carbocycles. The quantitative estimate of drug-likeness (QED) is 0.390. The summed E-state index contributed by atoms with van der Waals surface area (Å²) < 4.78 is 34.5. The third-order valence-electron chi connectivity index (χ3n) is 3.74. The molecule has 0 aliphatic rings. The van der Waals surface area contributed by atoms with Gasteiger partial charge in [0.1, 0.15) is 0 Å². The van der Waals surface area contributed by atoms with Crippen molar-refractivity contribution in [3.63, 3.8) is 0 Å². The lowest BCUT2D eigenvalue weighted by atomic mass is 10.2. The molecule has 0 aliphatic carbocycles. The number of carbonyl (C=O) groups excluding carboxylic acids is 1. The molecule has 0 aliphatic heterocycles. The van der Waals surface area contributed by atoms with Crippen LogP contribution in [0.1, 0.15) is 21.5 Å². The number of esters is 1. The summed E-state index contributed by atoms with van der Waals surface area (Å²) in [4.78, 5) is 12.4. The Hall–Kier alpha value is -3.25. The minimum absolute atomic E-state index is 0.0253. The molecule has 0 aromatic heterocycles. The van der Waals surface area contributed by atoms with Crippen molar-refractivity contribution >= 4 is 21.9 Å². The van der Waals surface area contributed by atoms with Crippen molar-refractivity contribution < 1.29 is 17.9 Å². The van der Waals surface area contributed by atoms with Gasteiger partial charge in [0.05, 0.1) is 10.5 Å². The van der Waals surface area contributed by atoms with Gasteiger partial charge in [-0.05, 0) is 43.3 Å². The van der Waals surface area contributed by atoms with Crippen molar-refractivity contribution in [2.24, 2.45) is 4.40 Å². The molecule has 0 saturated carbocycles. The van der Waals surface area contributed by atoms with E-state index in [0.717, 1.165) is 5.56 Å². The van der Waals surface area contributed by atoms with Gasteiger partial charge in [-0.3, -0.25) is 0 Å². The Morgan fingerprint density at radius 3 is 1.85 bits per heavy atom. The van der Waals surface area contributed by atoms with Crippen LogP contribution < -0.4 is 0 Å². The summed E-state index contributed by atoms with van der Waals surface area (Å²) in [7, 11) is -4.04. The minimum Gasteiger partial charge on any atom is -0.402 e. The zero-order valence-electron chi connectivity index (χ0n) is 14.6. The Kier molecular flexibility index (Phi) is 5.47. The average molecular weight is 379 g/mol. The van der Waals surface area contributed by atoms with Crippen molar-refractivity contribution in [3.8, 4) is 0 Å². The summed E-state index contributed by atoms with van der Waals surface area (Å²) in [5, 5.41) is 0. The molecule has 27 heavy (non-hydrogen) atoms. The topological polar surface area (TPSA) is 72.8 Å². The molecule has 0 unspecified atom stereocenters. The SMILES string of the molecule is Cc1ccc(S(=O)(=O)N=C(OC(=O)c2ccccc2)c2ccccc2)cc1. The molecule has 0 spiro atoms. The number of sulfonamides is 1. The first-order chi connectivity index (χ1) is 13.0. The van der Waals surface area contributed by atoms with Crippen molar-refractivity contribution in [2.45, 2.75) is 11.8 Å². The van der Waals surface area contributed by atoms with E-state index >= 15 is 0 Å². The van der Waals surface area contributed by atoms with Crippen LogP contribution >= 0.6 is 0 Å². The van der Waals surface area contributed by atoms with E-state index in [-0.39, 0.29) is 10.8 Å². The van der Waals surface area contributed by atoms with Crippen LogP contribution in [-0.2, 0) is 14.8 Å². The van der Waals surface area contributed by atoms with E-state index in [4.69, 9.17) is 4.74 Å². The monoisotopic (exact) mass is 379 g/mol. The van der Waals surface area contributed by atoms with E-state index in [2.05, 4.69) is 4.40 Å². The second-order valence-corrected chi connectivity index (χ2v) is 7.41. The molecule has 3 aromatic rings. The highest BCUT2D eigenvalue weighted by Gasteiger charge is 2.19. The Morgan fingerprint density at radius 1 is 0.778 bits per heavy atom. The van der Waals surface area contributed by atoms with Gasteiger partial charge in [-0.1, -0.05) is 54.1 Å². The van der Waals surface area contributed by atoms with Gasteiger partial charge < -0.3 is 4.74 Å². The number of hydrogen-bond donors (Lipinski definition) is 0. The van der Waals surface area contributed by atoms with Gasteiger partial charge in [0.15, 0.2) is 0 Å². The summed E-state index contributed by atoms with van der Waals surface area (Å²) >= 11 is 0. The van der Waals surface area contributed by atoms with E-state index in [1.807, 2.05) is 6.92 Å². The summed E-state index contributed by atoms with van der Waals surface area (Å²) in [5.74, 6) is -0.956. The molecule has 136 valence electrons. The summed E-state index contributed by atoms with van der Waals surface area (Å²) in [5.41, 5.74) is 1.61. The average Bonchev–Trinajstić information content (AvgIpc) is 2.69. The Bertz CT molecular complexity index is 1060. The van der Waals surface area contributed by atoms with E-state index in [1.165, 1.54) is 12.1 Å². The fourth-order valence-corrected chi connectivity index (χ4v) is 3.25. The number of carbonyl (C=O) groups is 1. The smallest absolute Gasteiger partial charge is 0.344 e. The predicted molar refractivity (Wildman–Crippen MR) is 103 cm³/mol. The zero-order chi connectivity index (χ0) is 19.3. The van der Waals surface area contributed by atoms with Crippen molar-refractivity contribution in [1.82, 2.24) is 0 Å². The molecule has 0 amide bonds. The third kappa shape index (κ3) is 4.68. The summed E-state index contributed by atoms with van der Waals surface area (Å²) in [6.45, 7) is 1.86. The Balaban J connectivity index is 2.01. The zero-order valence-corrected chi connectivity index (χ0v) is 15.4. The third-order valence-corrected chi connectivity index (χ3v) is 5.02. The van der Waals surface area contributed by atoms with Gasteiger partial charge in [0, 0.05) is 5.56 Å². The highest BCUT2D eigenvalue weighted by Crippen LogP contribution is 2.16. The molecule has 0 heterocycles. The second-order valence-electron chi connectivity index (χ2n) is 5.81. The number of aryl methyl sites for hydroxylation is 1. The lowest BCUT2D eigenvalue weighted by molar-refractivity contribution is 0.0718. The molecule has 0 fully saturated rings. The van der Waals surface area contributed by atoms with Gasteiger partial charge in [-0.2, -0.15) is 8.42 Å². The number of hydrogen-bond acceptors (Lipinski definition) is 4. The molecule has 0 bridgehead atoms. The van der Waals surface area contributed by atoms with Crippen LogP contribution in [0, 0.1) is 6.92 Å². The number of ether oxygens (including phenoxy) is 1.